The Balaban J connectivity index is 5.53. The summed E-state index contributed by atoms with van der Waals surface area (Å²) < 4.78 is 0. The molecule has 4 nitrogen and oxygen atoms in total. The molecule has 0 saturated heterocycles. The summed E-state index contributed by atoms with van der Waals surface area (Å²) in [7, 11) is 0. The minimum Gasteiger partial charge on any atom is -0.299 e. The highest BCUT2D eigenvalue weighted by Crippen LogP contribution is 2.38. The van der Waals surface area contributed by atoms with E-state index in [1.165, 1.54) is 270 Å². The molecule has 0 aliphatic carbocycles. The molecule has 0 amide bonds. The minimum absolute atomic E-state index is 0.0244. The van der Waals surface area contributed by atoms with E-state index in [0.717, 1.165) is 64.2 Å². The Hall–Kier alpha value is -1.32. The molecule has 0 aromatic carbocycles. The van der Waals surface area contributed by atoms with Crippen molar-refractivity contribution in [1.29, 1.82) is 0 Å². The molecule has 425 valence electrons. The molecule has 0 spiro atoms. The summed E-state index contributed by atoms with van der Waals surface area (Å²) in [5.74, 6) is -1.49. The third-order valence-electron chi connectivity index (χ3n) is 16.6. The lowest BCUT2D eigenvalue weighted by atomic mass is 9.64. The largest absolute Gasteiger partial charge is 0.299 e. The van der Waals surface area contributed by atoms with Crippen molar-refractivity contribution in [1.82, 2.24) is 0 Å². The number of Topliss-reactive ketones (excluding diaryl/α,β-unsaturated/α-hetero) is 3. The first-order valence-corrected chi connectivity index (χ1v) is 33.4. The maximum atomic E-state index is 14.6. The molecule has 0 aromatic rings. The molecular weight excluding hydrogens is 881 g/mol. The van der Waals surface area contributed by atoms with Crippen molar-refractivity contribution in [2.24, 2.45) is 11.3 Å². The normalized spacial score (nSPS) is 12.9. The second-order valence-electron chi connectivity index (χ2n) is 23.5. The first-order chi connectivity index (χ1) is 35.5. The van der Waals surface area contributed by atoms with E-state index in [4.69, 9.17) is 0 Å². The zero-order chi connectivity index (χ0) is 52.5. The molecule has 0 bridgehead atoms. The second kappa shape index (κ2) is 57.4. The maximum Gasteiger partial charge on any atom is 0.221 e. The highest BCUT2D eigenvalue weighted by molar-refractivity contribution is 6.21. The molecule has 0 N–H and O–H groups in total. The van der Waals surface area contributed by atoms with E-state index in [1.54, 1.807) is 0 Å². The van der Waals surface area contributed by atoms with Crippen LogP contribution in [-0.4, -0.2) is 23.6 Å². The van der Waals surface area contributed by atoms with Crippen LogP contribution in [0.1, 0.15) is 400 Å². The zero-order valence-corrected chi connectivity index (χ0v) is 49.7. The van der Waals surface area contributed by atoms with Crippen LogP contribution in [-0.2, 0) is 19.2 Å². The van der Waals surface area contributed by atoms with Crippen LogP contribution >= 0.6 is 0 Å². The van der Waals surface area contributed by atoms with E-state index in [9.17, 15) is 19.2 Å². The van der Waals surface area contributed by atoms with Gasteiger partial charge in [-0.2, -0.15) is 0 Å². The van der Waals surface area contributed by atoms with E-state index >= 15 is 0 Å². The van der Waals surface area contributed by atoms with Gasteiger partial charge in [-0.05, 0) is 25.7 Å². The lowest BCUT2D eigenvalue weighted by Gasteiger charge is -2.33. The van der Waals surface area contributed by atoms with Gasteiger partial charge in [0.05, 0.1) is 0 Å². The van der Waals surface area contributed by atoms with Gasteiger partial charge in [0.15, 0.2) is 17.0 Å². The number of carbonyl (C=O) groups is 3. The van der Waals surface area contributed by atoms with E-state index in [1.807, 2.05) is 0 Å². The molecule has 72 heavy (non-hydrogen) atoms. The molecular formula is C68H129O4. The first kappa shape index (κ1) is 70.7. The van der Waals surface area contributed by atoms with E-state index in [0.29, 0.717) is 25.7 Å². The summed E-state index contributed by atoms with van der Waals surface area (Å²) in [6.45, 7) is 9.11. The van der Waals surface area contributed by atoms with Crippen molar-refractivity contribution in [3.05, 3.63) is 0 Å². The average molecular weight is 1010 g/mol. The number of ketones is 3. The van der Waals surface area contributed by atoms with Crippen molar-refractivity contribution >= 4 is 23.6 Å². The van der Waals surface area contributed by atoms with Crippen LogP contribution in [0.3, 0.4) is 0 Å². The van der Waals surface area contributed by atoms with Crippen molar-refractivity contribution in [3.63, 3.8) is 0 Å². The number of carbonyl (C=O) groups excluding carboxylic acids is 4. The van der Waals surface area contributed by atoms with E-state index in [2.05, 4.69) is 34.0 Å². The Morgan fingerprint density at radius 2 is 0.444 bits per heavy atom. The lowest BCUT2D eigenvalue weighted by Crippen LogP contribution is -2.50. The minimum atomic E-state index is -1.93. The van der Waals surface area contributed by atoms with Crippen LogP contribution in [0.25, 0.3) is 0 Å². The van der Waals surface area contributed by atoms with E-state index < -0.39 is 11.3 Å². The number of rotatable bonds is 63. The Labute approximate surface area is 452 Å². The van der Waals surface area contributed by atoms with Gasteiger partial charge < -0.3 is 0 Å². The lowest BCUT2D eigenvalue weighted by molar-refractivity contribution is -0.145. The summed E-state index contributed by atoms with van der Waals surface area (Å²) in [6.07, 6.45) is 70.1. The molecule has 2 unspecified atom stereocenters. The average Bonchev–Trinajstić information content (AvgIpc) is 3.38. The van der Waals surface area contributed by atoms with Gasteiger partial charge >= 0.3 is 0 Å². The predicted octanol–water partition coefficient (Wildman–Crippen LogP) is 23.1. The van der Waals surface area contributed by atoms with Crippen LogP contribution < -0.4 is 0 Å². The Morgan fingerprint density at radius 3 is 0.653 bits per heavy atom. The molecule has 0 aliphatic rings. The SMILES string of the molecule is CCCCCCCCCCCCCCCCCC(=O)C(CCCCCCCCCCCCC)C([C]=O)(C(=O)CCCCCCCCCCCCCCC)C(=O)CCCCCCCCCCCCCCCCC. The van der Waals surface area contributed by atoms with Crippen LogP contribution in [0.15, 0.2) is 0 Å². The topological polar surface area (TPSA) is 68.3 Å². The first-order valence-electron chi connectivity index (χ1n) is 33.4. The smallest absolute Gasteiger partial charge is 0.221 e. The van der Waals surface area contributed by atoms with Gasteiger partial charge in [-0.25, -0.2) is 0 Å². The van der Waals surface area contributed by atoms with E-state index in [-0.39, 0.29) is 30.2 Å². The third-order valence-corrected chi connectivity index (χ3v) is 16.6. The molecule has 1 radical (unpaired) electrons. The fourth-order valence-corrected chi connectivity index (χ4v) is 11.6. The van der Waals surface area contributed by atoms with Crippen LogP contribution in [0.5, 0.6) is 0 Å². The molecule has 0 heterocycles. The highest BCUT2D eigenvalue weighted by atomic mass is 16.2. The van der Waals surface area contributed by atoms with Crippen molar-refractivity contribution in [2.75, 3.05) is 0 Å². The molecule has 4 heteroatoms. The van der Waals surface area contributed by atoms with Gasteiger partial charge in [0.2, 0.25) is 6.29 Å². The quantitative estimate of drug-likeness (QED) is 0.0450. The highest BCUT2D eigenvalue weighted by Gasteiger charge is 2.53. The second-order valence-corrected chi connectivity index (χ2v) is 23.5. The fourth-order valence-electron chi connectivity index (χ4n) is 11.6. The van der Waals surface area contributed by atoms with Crippen LogP contribution in [0, 0.1) is 11.3 Å². The molecule has 0 saturated carbocycles. The Bertz CT molecular complexity index is 1150. The molecule has 0 rings (SSSR count). The van der Waals surface area contributed by atoms with Gasteiger partial charge in [0.1, 0.15) is 5.78 Å². The van der Waals surface area contributed by atoms with Gasteiger partial charge in [0, 0.05) is 25.2 Å². The zero-order valence-electron chi connectivity index (χ0n) is 49.7. The maximum absolute atomic E-state index is 14.6. The molecule has 0 aromatic heterocycles. The monoisotopic (exact) mass is 1010 g/mol. The number of unbranched alkanes of at least 4 members (excludes halogenated alkanes) is 50. The number of hydrogen-bond acceptors (Lipinski definition) is 4. The summed E-state index contributed by atoms with van der Waals surface area (Å²) >= 11 is 0. The van der Waals surface area contributed by atoms with Gasteiger partial charge in [-0.15, -0.1) is 0 Å². The molecule has 2 atom stereocenters. The van der Waals surface area contributed by atoms with Crippen LogP contribution in [0.4, 0.5) is 0 Å². The summed E-state index contributed by atoms with van der Waals surface area (Å²) in [5, 5.41) is 0. The fraction of sp³-hybridized carbons (Fsp3) is 0.941. The number of hydrogen-bond donors (Lipinski definition) is 0. The van der Waals surface area contributed by atoms with Crippen molar-refractivity contribution < 1.29 is 19.2 Å². The van der Waals surface area contributed by atoms with Gasteiger partial charge in [-0.3, -0.25) is 19.2 Å². The Morgan fingerprint density at radius 1 is 0.264 bits per heavy atom. The standard InChI is InChI=1S/C68H129O4/c1-5-9-13-17-21-25-29-32-34-37-40-44-48-52-56-60-65(70)64(59-55-51-47-43-39-28-24-20-16-12-8-4)68(63-69,66(71)61-57-53-49-45-41-36-31-27-23-19-15-11-7-3)67(72)62-58-54-50-46-42-38-35-33-30-26-22-18-14-10-6-2/h64H,5-62H2,1-4H3. The third kappa shape index (κ3) is 42.9. The van der Waals surface area contributed by atoms with Crippen LogP contribution in [0.2, 0.25) is 0 Å². The van der Waals surface area contributed by atoms with Gasteiger partial charge in [0.25, 0.3) is 0 Å². The Kier molecular flexibility index (Phi) is 56.3. The summed E-state index contributed by atoms with van der Waals surface area (Å²) in [6, 6.07) is 0. The molecule has 0 aliphatic heterocycles. The molecule has 0 fully saturated rings. The van der Waals surface area contributed by atoms with Crippen molar-refractivity contribution in [3.8, 4) is 0 Å². The predicted molar refractivity (Wildman–Crippen MR) is 317 cm³/mol. The summed E-state index contributed by atoms with van der Waals surface area (Å²) in [4.78, 5) is 57.3. The van der Waals surface area contributed by atoms with Gasteiger partial charge in [-0.1, -0.05) is 355 Å². The van der Waals surface area contributed by atoms with Crippen molar-refractivity contribution in [2.45, 2.75) is 400 Å². The summed E-state index contributed by atoms with van der Waals surface area (Å²) in [5.41, 5.74) is -1.93.